The van der Waals surface area contributed by atoms with Gasteiger partial charge in [0, 0.05) is 18.1 Å². The van der Waals surface area contributed by atoms with E-state index in [-0.39, 0.29) is 30.3 Å². The summed E-state index contributed by atoms with van der Waals surface area (Å²) in [6, 6.07) is 5.40. The predicted molar refractivity (Wildman–Crippen MR) is 101 cm³/mol. The Balaban J connectivity index is 1.94. The molecule has 1 saturated heterocycles. The Morgan fingerprint density at radius 3 is 2.62 bits per heavy atom. The number of halogens is 1. The van der Waals surface area contributed by atoms with Crippen molar-refractivity contribution in [3.8, 4) is 0 Å². The lowest BCUT2D eigenvalue weighted by molar-refractivity contribution is -0.160. The van der Waals surface area contributed by atoms with Crippen LogP contribution >= 0.6 is 11.8 Å². The number of ether oxygens (including phenoxy) is 1. The maximum absolute atomic E-state index is 13.0. The molecule has 2 rings (SSSR count). The van der Waals surface area contributed by atoms with Crippen LogP contribution in [0.25, 0.3) is 0 Å². The molecule has 1 fully saturated rings. The number of hydrogen-bond acceptors (Lipinski definition) is 5. The summed E-state index contributed by atoms with van der Waals surface area (Å²) in [5.41, 5.74) is 0.280. The standard InChI is InChI=1S/C19H27FN2O3S/c1-13(14-5-7-15(20)8-6-14)21-17(23)11-22-9-10-26-12-16(22)18(24)25-19(2,3)4/h5-8,13,16H,9-12H2,1-4H3,(H,21,23). The number of thioether (sulfide) groups is 1. The van der Waals surface area contributed by atoms with Crippen LogP contribution in [0.4, 0.5) is 4.39 Å². The quantitative estimate of drug-likeness (QED) is 0.794. The SMILES string of the molecule is CC(NC(=O)CN1CCSCC1C(=O)OC(C)(C)C)c1ccc(F)cc1. The van der Waals surface area contributed by atoms with Crippen LogP contribution < -0.4 is 5.32 Å². The zero-order valence-electron chi connectivity index (χ0n) is 15.8. The van der Waals surface area contributed by atoms with Crippen LogP contribution in [-0.2, 0) is 14.3 Å². The highest BCUT2D eigenvalue weighted by Gasteiger charge is 2.33. The molecule has 0 radical (unpaired) electrons. The van der Waals surface area contributed by atoms with Gasteiger partial charge in [-0.3, -0.25) is 14.5 Å². The third-order valence-electron chi connectivity index (χ3n) is 4.01. The topological polar surface area (TPSA) is 58.6 Å². The molecule has 1 aromatic rings. The zero-order chi connectivity index (χ0) is 19.3. The monoisotopic (exact) mass is 382 g/mol. The van der Waals surface area contributed by atoms with Crippen molar-refractivity contribution in [2.45, 2.75) is 45.4 Å². The Morgan fingerprint density at radius 1 is 1.35 bits per heavy atom. The van der Waals surface area contributed by atoms with Gasteiger partial charge in [0.1, 0.15) is 17.5 Å². The summed E-state index contributed by atoms with van der Waals surface area (Å²) < 4.78 is 18.5. The van der Waals surface area contributed by atoms with Crippen LogP contribution in [0.2, 0.25) is 0 Å². The van der Waals surface area contributed by atoms with E-state index in [1.54, 1.807) is 23.9 Å². The molecule has 0 bridgehead atoms. The van der Waals surface area contributed by atoms with E-state index in [1.807, 2.05) is 32.6 Å². The molecule has 144 valence electrons. The van der Waals surface area contributed by atoms with E-state index in [1.165, 1.54) is 12.1 Å². The molecule has 1 N–H and O–H groups in total. The lowest BCUT2D eigenvalue weighted by atomic mass is 10.1. The first kappa shape index (κ1) is 20.7. The molecule has 2 atom stereocenters. The summed E-state index contributed by atoms with van der Waals surface area (Å²) in [7, 11) is 0. The Labute approximate surface area is 158 Å². The molecule has 1 amide bonds. The molecule has 1 heterocycles. The third kappa shape index (κ3) is 6.29. The molecule has 0 aliphatic carbocycles. The number of nitrogens with one attached hydrogen (secondary N) is 1. The Kier molecular flexibility index (Phi) is 7.06. The highest BCUT2D eigenvalue weighted by Crippen LogP contribution is 2.20. The van der Waals surface area contributed by atoms with Crippen LogP contribution in [0.1, 0.15) is 39.3 Å². The van der Waals surface area contributed by atoms with Crippen molar-refractivity contribution in [1.82, 2.24) is 10.2 Å². The van der Waals surface area contributed by atoms with Crippen molar-refractivity contribution < 1.29 is 18.7 Å². The second kappa shape index (κ2) is 8.86. The van der Waals surface area contributed by atoms with E-state index < -0.39 is 11.6 Å². The smallest absolute Gasteiger partial charge is 0.324 e. The first-order valence-electron chi connectivity index (χ1n) is 8.75. The lowest BCUT2D eigenvalue weighted by Crippen LogP contribution is -2.52. The van der Waals surface area contributed by atoms with Gasteiger partial charge in [-0.15, -0.1) is 0 Å². The van der Waals surface area contributed by atoms with Crippen LogP contribution in [0, 0.1) is 5.82 Å². The number of esters is 1. The summed E-state index contributed by atoms with van der Waals surface area (Å²) in [6.45, 7) is 8.15. The maximum Gasteiger partial charge on any atom is 0.324 e. The van der Waals surface area contributed by atoms with Crippen LogP contribution in [0.15, 0.2) is 24.3 Å². The van der Waals surface area contributed by atoms with Gasteiger partial charge in [0.05, 0.1) is 12.6 Å². The molecule has 0 spiro atoms. The molecule has 26 heavy (non-hydrogen) atoms. The molecule has 1 aromatic carbocycles. The van der Waals surface area contributed by atoms with Crippen molar-refractivity contribution in [3.63, 3.8) is 0 Å². The number of carbonyl (C=O) groups is 2. The van der Waals surface area contributed by atoms with Gasteiger partial charge >= 0.3 is 5.97 Å². The van der Waals surface area contributed by atoms with E-state index >= 15 is 0 Å². The fourth-order valence-electron chi connectivity index (χ4n) is 2.72. The summed E-state index contributed by atoms with van der Waals surface area (Å²) in [4.78, 5) is 26.7. The summed E-state index contributed by atoms with van der Waals surface area (Å²) in [5.74, 6) is 0.736. The van der Waals surface area contributed by atoms with Gasteiger partial charge in [-0.05, 0) is 45.4 Å². The van der Waals surface area contributed by atoms with Gasteiger partial charge in [0.2, 0.25) is 5.91 Å². The number of hydrogen-bond donors (Lipinski definition) is 1. The summed E-state index contributed by atoms with van der Waals surface area (Å²) in [6.07, 6.45) is 0. The lowest BCUT2D eigenvalue weighted by Gasteiger charge is -2.35. The zero-order valence-corrected chi connectivity index (χ0v) is 16.6. The highest BCUT2D eigenvalue weighted by molar-refractivity contribution is 7.99. The molecular formula is C19H27FN2O3S. The molecule has 1 aliphatic rings. The molecule has 0 saturated carbocycles. The minimum absolute atomic E-state index is 0.135. The first-order valence-corrected chi connectivity index (χ1v) is 9.90. The summed E-state index contributed by atoms with van der Waals surface area (Å²) in [5, 5.41) is 2.91. The molecular weight excluding hydrogens is 355 g/mol. The molecule has 0 aromatic heterocycles. The van der Waals surface area contributed by atoms with E-state index in [4.69, 9.17) is 4.74 Å². The van der Waals surface area contributed by atoms with Crippen LogP contribution in [0.3, 0.4) is 0 Å². The van der Waals surface area contributed by atoms with Crippen molar-refractivity contribution in [2.75, 3.05) is 24.6 Å². The first-order chi connectivity index (χ1) is 12.2. The fraction of sp³-hybridized carbons (Fsp3) is 0.579. The highest BCUT2D eigenvalue weighted by atomic mass is 32.2. The minimum Gasteiger partial charge on any atom is -0.459 e. The van der Waals surface area contributed by atoms with E-state index in [2.05, 4.69) is 5.32 Å². The van der Waals surface area contributed by atoms with Crippen LogP contribution in [-0.4, -0.2) is 53.0 Å². The second-order valence-corrected chi connectivity index (χ2v) is 8.59. The largest absolute Gasteiger partial charge is 0.459 e. The number of carbonyl (C=O) groups excluding carboxylic acids is 2. The van der Waals surface area contributed by atoms with Gasteiger partial charge < -0.3 is 10.1 Å². The molecule has 7 heteroatoms. The average Bonchev–Trinajstić information content (AvgIpc) is 2.54. The molecule has 5 nitrogen and oxygen atoms in total. The van der Waals surface area contributed by atoms with E-state index in [0.29, 0.717) is 12.3 Å². The van der Waals surface area contributed by atoms with Crippen molar-refractivity contribution in [3.05, 3.63) is 35.6 Å². The fourth-order valence-corrected chi connectivity index (χ4v) is 3.82. The van der Waals surface area contributed by atoms with Gasteiger partial charge in [-0.2, -0.15) is 11.8 Å². The minimum atomic E-state index is -0.551. The van der Waals surface area contributed by atoms with Gasteiger partial charge in [0.15, 0.2) is 0 Å². The van der Waals surface area contributed by atoms with Crippen molar-refractivity contribution in [1.29, 1.82) is 0 Å². The third-order valence-corrected chi connectivity index (χ3v) is 5.04. The number of nitrogens with zero attached hydrogens (tertiary/aromatic N) is 1. The Morgan fingerprint density at radius 2 is 2.00 bits per heavy atom. The summed E-state index contributed by atoms with van der Waals surface area (Å²) >= 11 is 1.69. The normalized spacial score (nSPS) is 19.7. The average molecular weight is 383 g/mol. The van der Waals surface area contributed by atoms with Crippen LogP contribution in [0.5, 0.6) is 0 Å². The predicted octanol–water partition coefficient (Wildman–Crippen LogP) is 2.76. The number of benzene rings is 1. The van der Waals surface area contributed by atoms with Crippen molar-refractivity contribution >= 4 is 23.6 Å². The van der Waals surface area contributed by atoms with Gasteiger partial charge in [0.25, 0.3) is 0 Å². The Bertz CT molecular complexity index is 631. The Hall–Kier alpha value is -1.60. The number of amides is 1. The van der Waals surface area contributed by atoms with E-state index in [0.717, 1.165) is 11.3 Å². The molecule has 2 unspecified atom stereocenters. The van der Waals surface area contributed by atoms with Gasteiger partial charge in [-0.1, -0.05) is 12.1 Å². The van der Waals surface area contributed by atoms with E-state index in [9.17, 15) is 14.0 Å². The second-order valence-electron chi connectivity index (χ2n) is 7.44. The van der Waals surface area contributed by atoms with Gasteiger partial charge in [-0.25, -0.2) is 4.39 Å². The van der Waals surface area contributed by atoms with Crippen molar-refractivity contribution in [2.24, 2.45) is 0 Å². The maximum atomic E-state index is 13.0. The molecule has 1 aliphatic heterocycles. The number of rotatable bonds is 5.